The zero-order chi connectivity index (χ0) is 40.5. The van der Waals surface area contributed by atoms with Gasteiger partial charge in [0.05, 0.1) is 23.9 Å². The van der Waals surface area contributed by atoms with Gasteiger partial charge in [-0.1, -0.05) is 48.5 Å². The monoisotopic (exact) mass is 807 g/mol. The molecule has 5 atom stereocenters. The Morgan fingerprint density at radius 3 is 2.45 bits per heavy atom. The Bertz CT molecular complexity index is 2330. The smallest absolute Gasteiger partial charge is 0.255 e. The van der Waals surface area contributed by atoms with E-state index >= 15 is 0 Å². The van der Waals surface area contributed by atoms with Crippen LogP contribution >= 0.6 is 0 Å². The number of anilines is 2. The predicted molar refractivity (Wildman–Crippen MR) is 228 cm³/mol. The summed E-state index contributed by atoms with van der Waals surface area (Å²) in [5.74, 6) is 1.38. The van der Waals surface area contributed by atoms with Crippen LogP contribution in [0.25, 0.3) is 0 Å². The molecule has 1 spiro atoms. The van der Waals surface area contributed by atoms with Crippen LogP contribution in [0.2, 0.25) is 0 Å². The fourth-order valence-electron chi connectivity index (χ4n) is 11.8. The number of nitrogens with one attached hydrogen (secondary N) is 1. The minimum Gasteiger partial charge on any atom is -0.508 e. The SMILES string of the molecule is O=C1CC[C@H](N2Cc3cc4c(cc3C2=O)OC[C@@H]2CN(CC3COC5(CCN(c6ccc([C@@H]7c8ccc(O)cc8CC[C@@H]7c7ccccc7)cc6)CC5)C3)CCN42)C(=O)N1. The molecule has 11 heteroatoms. The lowest BCUT2D eigenvalue weighted by Crippen LogP contribution is -2.58. The summed E-state index contributed by atoms with van der Waals surface area (Å²) in [4.78, 5) is 46.9. The molecule has 1 unspecified atom stereocenters. The van der Waals surface area contributed by atoms with Gasteiger partial charge in [-0.2, -0.15) is 0 Å². The fraction of sp³-hybridized carbons (Fsp3) is 0.449. The van der Waals surface area contributed by atoms with Gasteiger partial charge in [-0.3, -0.25) is 24.6 Å². The third-order valence-corrected chi connectivity index (χ3v) is 14.8. The number of phenolic OH excluding ortho intramolecular Hbond substituents is 1. The number of carbonyl (C=O) groups is 3. The van der Waals surface area contributed by atoms with E-state index < -0.39 is 11.9 Å². The van der Waals surface area contributed by atoms with Crippen molar-refractivity contribution in [2.24, 2.45) is 5.92 Å². The van der Waals surface area contributed by atoms with Gasteiger partial charge in [0.25, 0.3) is 5.91 Å². The van der Waals surface area contributed by atoms with E-state index in [2.05, 4.69) is 86.7 Å². The summed E-state index contributed by atoms with van der Waals surface area (Å²) in [6.45, 7) is 7.52. The molecule has 0 saturated carbocycles. The molecule has 310 valence electrons. The molecule has 4 fully saturated rings. The van der Waals surface area contributed by atoms with Crippen LogP contribution in [0.5, 0.6) is 11.5 Å². The first kappa shape index (κ1) is 37.6. The summed E-state index contributed by atoms with van der Waals surface area (Å²) in [7, 11) is 0. The van der Waals surface area contributed by atoms with E-state index in [4.69, 9.17) is 9.47 Å². The first-order chi connectivity index (χ1) is 29.3. The average molecular weight is 808 g/mol. The number of rotatable bonds is 6. The second-order valence-corrected chi connectivity index (χ2v) is 18.4. The molecule has 11 nitrogen and oxygen atoms in total. The molecular weight excluding hydrogens is 755 g/mol. The third kappa shape index (κ3) is 6.70. The van der Waals surface area contributed by atoms with Gasteiger partial charge in [0.1, 0.15) is 24.1 Å². The van der Waals surface area contributed by atoms with Crippen molar-refractivity contribution in [3.63, 3.8) is 0 Å². The van der Waals surface area contributed by atoms with Gasteiger partial charge < -0.3 is 29.3 Å². The van der Waals surface area contributed by atoms with Crippen LogP contribution < -0.4 is 19.9 Å². The molecule has 4 aromatic carbocycles. The van der Waals surface area contributed by atoms with Gasteiger partial charge in [0, 0.05) is 69.4 Å². The van der Waals surface area contributed by atoms with Crippen LogP contribution in [0.1, 0.15) is 88.5 Å². The Kier molecular flexibility index (Phi) is 9.37. The highest BCUT2D eigenvalue weighted by atomic mass is 16.5. The number of phenols is 1. The molecule has 0 aromatic heterocycles. The van der Waals surface area contributed by atoms with E-state index in [1.807, 2.05) is 18.2 Å². The summed E-state index contributed by atoms with van der Waals surface area (Å²) in [6.07, 6.45) is 5.81. The Labute approximate surface area is 351 Å². The summed E-state index contributed by atoms with van der Waals surface area (Å²) >= 11 is 0. The van der Waals surface area contributed by atoms with Crippen molar-refractivity contribution in [1.82, 2.24) is 15.1 Å². The molecule has 6 heterocycles. The van der Waals surface area contributed by atoms with E-state index in [0.717, 1.165) is 95.0 Å². The van der Waals surface area contributed by atoms with Crippen molar-refractivity contribution < 1.29 is 29.0 Å². The van der Waals surface area contributed by atoms with E-state index in [0.29, 0.717) is 42.7 Å². The predicted octanol–water partition coefficient (Wildman–Crippen LogP) is 5.97. The molecule has 6 aliphatic heterocycles. The molecule has 3 amide bonds. The summed E-state index contributed by atoms with van der Waals surface area (Å²) in [5.41, 5.74) is 9.07. The van der Waals surface area contributed by atoms with E-state index in [9.17, 15) is 19.5 Å². The van der Waals surface area contributed by atoms with Crippen molar-refractivity contribution >= 4 is 29.1 Å². The number of aryl methyl sites for hydroxylation is 1. The number of nitrogens with zero attached hydrogens (tertiary/aromatic N) is 4. The van der Waals surface area contributed by atoms with E-state index in [1.54, 1.807) is 4.90 Å². The minimum atomic E-state index is -0.626. The molecule has 1 aliphatic carbocycles. The number of imide groups is 1. The first-order valence-corrected chi connectivity index (χ1v) is 22.1. The highest BCUT2D eigenvalue weighted by molar-refractivity contribution is 6.06. The van der Waals surface area contributed by atoms with Gasteiger partial charge in [-0.25, -0.2) is 0 Å². The van der Waals surface area contributed by atoms with Crippen LogP contribution in [0.15, 0.2) is 84.9 Å². The Morgan fingerprint density at radius 1 is 0.800 bits per heavy atom. The van der Waals surface area contributed by atoms with Crippen LogP contribution in [0.4, 0.5) is 11.4 Å². The second-order valence-electron chi connectivity index (χ2n) is 18.4. The molecule has 7 aliphatic rings. The molecule has 4 saturated heterocycles. The minimum absolute atomic E-state index is 0.0460. The van der Waals surface area contributed by atoms with Gasteiger partial charge in [0.15, 0.2) is 0 Å². The molecule has 11 rings (SSSR count). The summed E-state index contributed by atoms with van der Waals surface area (Å²) in [5, 5.41) is 12.7. The number of hydrogen-bond donors (Lipinski definition) is 2. The number of ether oxygens (including phenoxy) is 2. The number of fused-ring (bicyclic) bond motifs is 5. The Balaban J connectivity index is 0.699. The number of aromatic hydroxyl groups is 1. The lowest BCUT2D eigenvalue weighted by Gasteiger charge is -2.46. The van der Waals surface area contributed by atoms with Crippen molar-refractivity contribution in [1.29, 1.82) is 0 Å². The largest absolute Gasteiger partial charge is 0.508 e. The van der Waals surface area contributed by atoms with Gasteiger partial charge in [-0.15, -0.1) is 0 Å². The van der Waals surface area contributed by atoms with Crippen molar-refractivity contribution in [2.75, 3.05) is 62.3 Å². The Hall–Kier alpha value is -5.39. The molecule has 0 bridgehead atoms. The maximum atomic E-state index is 13.4. The molecule has 0 radical (unpaired) electrons. The Morgan fingerprint density at radius 2 is 1.63 bits per heavy atom. The normalized spacial score (nSPS) is 27.2. The number of piperidine rings is 2. The zero-order valence-electron chi connectivity index (χ0n) is 34.1. The highest BCUT2D eigenvalue weighted by Gasteiger charge is 2.45. The second kappa shape index (κ2) is 15.0. The maximum Gasteiger partial charge on any atom is 0.255 e. The summed E-state index contributed by atoms with van der Waals surface area (Å²) < 4.78 is 13.0. The van der Waals surface area contributed by atoms with Crippen molar-refractivity contribution in [3.8, 4) is 11.5 Å². The van der Waals surface area contributed by atoms with Crippen LogP contribution in [0, 0.1) is 5.92 Å². The first-order valence-electron chi connectivity index (χ1n) is 22.1. The molecular formula is C49H53N5O6. The van der Waals surface area contributed by atoms with Crippen LogP contribution in [-0.2, 0) is 27.3 Å². The van der Waals surface area contributed by atoms with E-state index in [1.165, 1.54) is 27.9 Å². The third-order valence-electron chi connectivity index (χ3n) is 14.8. The molecule has 2 N–H and O–H groups in total. The van der Waals surface area contributed by atoms with Crippen LogP contribution in [-0.4, -0.2) is 103 Å². The number of carbonyl (C=O) groups excluding carboxylic acids is 3. The van der Waals surface area contributed by atoms with E-state index in [-0.39, 0.29) is 35.8 Å². The number of benzene rings is 4. The lowest BCUT2D eigenvalue weighted by atomic mass is 9.69. The maximum absolute atomic E-state index is 13.4. The zero-order valence-corrected chi connectivity index (χ0v) is 34.1. The van der Waals surface area contributed by atoms with Gasteiger partial charge in [0.2, 0.25) is 11.8 Å². The number of hydrogen-bond acceptors (Lipinski definition) is 9. The summed E-state index contributed by atoms with van der Waals surface area (Å²) in [6, 6.07) is 29.7. The van der Waals surface area contributed by atoms with Gasteiger partial charge >= 0.3 is 0 Å². The molecule has 60 heavy (non-hydrogen) atoms. The lowest BCUT2D eigenvalue weighted by molar-refractivity contribution is -0.136. The topological polar surface area (TPSA) is 115 Å². The quantitative estimate of drug-likeness (QED) is 0.228. The average Bonchev–Trinajstić information content (AvgIpc) is 3.81. The highest BCUT2D eigenvalue weighted by Crippen LogP contribution is 2.48. The molecule has 4 aromatic rings. The standard InChI is InChI=1S/C49H53N5O6/c55-38-11-13-40-34(22-38)8-12-39(32-4-2-1-3-5-32)46(40)33-6-9-36(10-7-33)52-18-16-49(17-19-52)25-31(29-60-49)26-51-20-21-53-37(28-51)30-59-44-24-41-35(23-43(44)53)27-54(48(41)58)42-14-15-45(56)50-47(42)57/h1-7,9-11,13,22-24,31,37,39,42,46,55H,8,12,14-21,25-30H2,(H,50,56,57)/t31?,37-,39+,42-,46-/m0/s1. The van der Waals surface area contributed by atoms with Crippen molar-refractivity contribution in [3.05, 3.63) is 118 Å². The number of piperazine rings is 1. The number of amides is 3. The van der Waals surface area contributed by atoms with Gasteiger partial charge in [-0.05, 0) is 115 Å². The van der Waals surface area contributed by atoms with Crippen molar-refractivity contribution in [2.45, 2.75) is 81.0 Å². The van der Waals surface area contributed by atoms with Crippen LogP contribution in [0.3, 0.4) is 0 Å². The fourth-order valence-corrected chi connectivity index (χ4v) is 11.8.